The molecule has 10 heteroatoms. The summed E-state index contributed by atoms with van der Waals surface area (Å²) in [6, 6.07) is 9.19. The van der Waals surface area contributed by atoms with Crippen LogP contribution in [-0.2, 0) is 16.1 Å². The van der Waals surface area contributed by atoms with Gasteiger partial charge in [0.25, 0.3) is 0 Å². The number of hydrogen-bond acceptors (Lipinski definition) is 8. The second kappa shape index (κ2) is 12.2. The highest BCUT2D eigenvalue weighted by Gasteiger charge is 2.32. The van der Waals surface area contributed by atoms with Crippen LogP contribution in [0.4, 0.5) is 21.4 Å². The van der Waals surface area contributed by atoms with Crippen molar-refractivity contribution in [1.82, 2.24) is 19.8 Å². The number of aromatic nitrogens is 2. The summed E-state index contributed by atoms with van der Waals surface area (Å²) < 4.78 is 10.8. The first-order chi connectivity index (χ1) is 19.6. The molecule has 10 nitrogen and oxygen atoms in total. The molecule has 0 radical (unpaired) electrons. The number of fused-ring (bicyclic) bond motifs is 1. The molecule has 2 aliphatic heterocycles. The van der Waals surface area contributed by atoms with Gasteiger partial charge in [0, 0.05) is 45.0 Å². The molecule has 1 saturated carbocycles. The molecule has 41 heavy (non-hydrogen) atoms. The normalized spacial score (nSPS) is 19.6. The Hall–Kier alpha value is -3.40. The molecule has 2 atom stereocenters. The Labute approximate surface area is 243 Å². The number of cyclic esters (lactones) is 1. The van der Waals surface area contributed by atoms with E-state index in [9.17, 15) is 9.59 Å². The van der Waals surface area contributed by atoms with Crippen molar-refractivity contribution in [3.63, 3.8) is 0 Å². The largest absolute Gasteiger partial charge is 0.444 e. The number of carbonyl (C=O) groups excluding carboxylic acids is 2. The highest BCUT2D eigenvalue weighted by Crippen LogP contribution is 2.38. The molecular formula is C31H44N6O4. The molecule has 0 bridgehead atoms. The lowest BCUT2D eigenvalue weighted by molar-refractivity contribution is 0.00792. The molecule has 1 N–H and O–H groups in total. The van der Waals surface area contributed by atoms with E-state index in [2.05, 4.69) is 51.4 Å². The lowest BCUT2D eigenvalue weighted by atomic mass is 9.79. The van der Waals surface area contributed by atoms with Crippen LogP contribution in [0.1, 0.15) is 89.1 Å². The Balaban J connectivity index is 1.24. The summed E-state index contributed by atoms with van der Waals surface area (Å²) >= 11 is 0. The Morgan fingerprint density at radius 3 is 2.41 bits per heavy atom. The van der Waals surface area contributed by atoms with Crippen LogP contribution < -0.4 is 10.2 Å². The van der Waals surface area contributed by atoms with Crippen LogP contribution in [0, 0.1) is 5.92 Å². The standard InChI is InChI=1S/C31H44N6O4/c1-6-37-27-25(20-40-30(37)39)19-32-28(34-27)33-21(2)23-10-12-24(13-11-23)26(18-22-8-7-9-22)35-14-16-36(17-15-35)29(38)41-31(3,4)5/h10-13,19,21-22,26H,6-9,14-18,20H2,1-5H3,(H,32,33,34)/t21-,26?/m0/s1. The summed E-state index contributed by atoms with van der Waals surface area (Å²) in [5.74, 6) is 1.86. The molecule has 5 rings (SSSR count). The Morgan fingerprint density at radius 1 is 1.12 bits per heavy atom. The molecule has 1 unspecified atom stereocenters. The van der Waals surface area contributed by atoms with Gasteiger partial charge in [-0.3, -0.25) is 9.80 Å². The van der Waals surface area contributed by atoms with Gasteiger partial charge in [-0.25, -0.2) is 14.6 Å². The third-order valence-electron chi connectivity index (χ3n) is 8.34. The zero-order valence-corrected chi connectivity index (χ0v) is 25.1. The molecule has 222 valence electrons. The van der Waals surface area contributed by atoms with Crippen molar-refractivity contribution in [2.75, 3.05) is 42.9 Å². The molecule has 3 heterocycles. The van der Waals surface area contributed by atoms with Gasteiger partial charge in [-0.15, -0.1) is 0 Å². The van der Waals surface area contributed by atoms with Gasteiger partial charge in [-0.05, 0) is 58.1 Å². The Kier molecular flexibility index (Phi) is 8.68. The number of anilines is 2. The molecule has 1 aliphatic carbocycles. The predicted molar refractivity (Wildman–Crippen MR) is 158 cm³/mol. The number of carbonyl (C=O) groups is 2. The predicted octanol–water partition coefficient (Wildman–Crippen LogP) is 5.91. The van der Waals surface area contributed by atoms with E-state index in [0.29, 0.717) is 37.4 Å². The van der Waals surface area contributed by atoms with Crippen molar-refractivity contribution in [3.05, 3.63) is 47.2 Å². The van der Waals surface area contributed by atoms with E-state index < -0.39 is 5.60 Å². The van der Waals surface area contributed by atoms with Gasteiger partial charge in [0.15, 0.2) is 0 Å². The smallest absolute Gasteiger partial charge is 0.415 e. The molecular weight excluding hydrogens is 520 g/mol. The average Bonchev–Trinajstić information content (AvgIpc) is 2.92. The van der Waals surface area contributed by atoms with Gasteiger partial charge >= 0.3 is 12.2 Å². The van der Waals surface area contributed by atoms with Gasteiger partial charge in [-0.2, -0.15) is 4.98 Å². The number of benzene rings is 1. The quantitative estimate of drug-likeness (QED) is 0.422. The maximum absolute atomic E-state index is 12.6. The van der Waals surface area contributed by atoms with Crippen molar-refractivity contribution in [3.8, 4) is 0 Å². The fourth-order valence-electron chi connectivity index (χ4n) is 5.75. The van der Waals surface area contributed by atoms with E-state index in [1.54, 1.807) is 6.20 Å². The van der Waals surface area contributed by atoms with E-state index in [1.807, 2.05) is 32.6 Å². The number of nitrogens with one attached hydrogen (secondary N) is 1. The summed E-state index contributed by atoms with van der Waals surface area (Å²) in [6.07, 6.45) is 6.22. The van der Waals surface area contributed by atoms with Gasteiger partial charge < -0.3 is 19.7 Å². The molecule has 2 fully saturated rings. The topological polar surface area (TPSA) is 100 Å². The third-order valence-corrected chi connectivity index (χ3v) is 8.34. The van der Waals surface area contributed by atoms with Crippen molar-refractivity contribution in [2.24, 2.45) is 5.92 Å². The third kappa shape index (κ3) is 6.92. The minimum atomic E-state index is -0.482. The Morgan fingerprint density at radius 2 is 1.80 bits per heavy atom. The maximum atomic E-state index is 12.6. The molecule has 1 saturated heterocycles. The number of rotatable bonds is 8. The molecule has 2 amide bonds. The SMILES string of the molecule is CCN1C(=O)OCc2cnc(N[C@@H](C)c3ccc(C(CC4CCC4)N4CCN(C(=O)OC(C)(C)C)CC4)cc3)nc21. The van der Waals surface area contributed by atoms with E-state index in [0.717, 1.165) is 36.6 Å². The highest BCUT2D eigenvalue weighted by atomic mass is 16.6. The summed E-state index contributed by atoms with van der Waals surface area (Å²) in [5, 5.41) is 3.40. The van der Waals surface area contributed by atoms with Crippen LogP contribution in [0.15, 0.2) is 30.5 Å². The van der Waals surface area contributed by atoms with E-state index in [-0.39, 0.29) is 24.8 Å². The second-order valence-corrected chi connectivity index (χ2v) is 12.4. The van der Waals surface area contributed by atoms with Gasteiger partial charge in [0.05, 0.1) is 11.6 Å². The number of hydrogen-bond donors (Lipinski definition) is 1. The first kappa shape index (κ1) is 29.1. The molecule has 0 spiro atoms. The fourth-order valence-corrected chi connectivity index (χ4v) is 5.75. The van der Waals surface area contributed by atoms with Gasteiger partial charge in [0.2, 0.25) is 5.95 Å². The van der Waals surface area contributed by atoms with Crippen LogP contribution in [0.5, 0.6) is 0 Å². The van der Waals surface area contributed by atoms with Crippen LogP contribution in [0.25, 0.3) is 0 Å². The van der Waals surface area contributed by atoms with E-state index >= 15 is 0 Å². The van der Waals surface area contributed by atoms with E-state index in [1.165, 1.54) is 29.7 Å². The van der Waals surface area contributed by atoms with E-state index in [4.69, 9.17) is 9.47 Å². The van der Waals surface area contributed by atoms with Crippen molar-refractivity contribution < 1.29 is 19.1 Å². The number of piperazine rings is 1. The summed E-state index contributed by atoms with van der Waals surface area (Å²) in [6.45, 7) is 13.4. The lowest BCUT2D eigenvalue weighted by Gasteiger charge is -2.42. The minimum Gasteiger partial charge on any atom is -0.444 e. The van der Waals surface area contributed by atoms with Crippen LogP contribution >= 0.6 is 0 Å². The second-order valence-electron chi connectivity index (χ2n) is 12.4. The Bertz CT molecular complexity index is 1220. The summed E-state index contributed by atoms with van der Waals surface area (Å²) in [4.78, 5) is 39.7. The number of amides is 2. The van der Waals surface area contributed by atoms with Crippen molar-refractivity contribution >= 4 is 24.0 Å². The minimum absolute atomic E-state index is 0.0184. The van der Waals surface area contributed by atoms with Crippen LogP contribution in [0.2, 0.25) is 0 Å². The number of nitrogens with zero attached hydrogens (tertiary/aromatic N) is 5. The fraction of sp³-hybridized carbons (Fsp3) is 0.613. The molecule has 2 aromatic rings. The first-order valence-corrected chi connectivity index (χ1v) is 15.0. The van der Waals surface area contributed by atoms with Gasteiger partial charge in [-0.1, -0.05) is 43.5 Å². The first-order valence-electron chi connectivity index (χ1n) is 15.0. The zero-order valence-electron chi connectivity index (χ0n) is 25.1. The molecule has 1 aromatic carbocycles. The van der Waals surface area contributed by atoms with Crippen LogP contribution in [0.3, 0.4) is 0 Å². The summed E-state index contributed by atoms with van der Waals surface area (Å²) in [7, 11) is 0. The lowest BCUT2D eigenvalue weighted by Crippen LogP contribution is -2.51. The monoisotopic (exact) mass is 564 g/mol. The molecule has 1 aromatic heterocycles. The average molecular weight is 565 g/mol. The zero-order chi connectivity index (χ0) is 29.1. The van der Waals surface area contributed by atoms with Crippen molar-refractivity contribution in [2.45, 2.75) is 84.6 Å². The van der Waals surface area contributed by atoms with Crippen LogP contribution in [-0.4, -0.2) is 70.3 Å². The summed E-state index contributed by atoms with van der Waals surface area (Å²) in [5.41, 5.74) is 2.78. The molecule has 3 aliphatic rings. The van der Waals surface area contributed by atoms with Crippen molar-refractivity contribution in [1.29, 1.82) is 0 Å². The number of ether oxygens (including phenoxy) is 2. The highest BCUT2D eigenvalue weighted by molar-refractivity contribution is 5.89. The van der Waals surface area contributed by atoms with Gasteiger partial charge in [0.1, 0.15) is 18.0 Å². The maximum Gasteiger partial charge on any atom is 0.415 e.